The van der Waals surface area contributed by atoms with Crippen molar-refractivity contribution in [3.63, 3.8) is 0 Å². The standard InChI is InChI=1S/C19H15F2NO2/c1-2-24-18-10-13-6-4-3-5-12(13)9-15(18)19(23)22-17-8-7-14(20)11-16(17)21/h3-11H,2H2,1H3,(H,22,23). The van der Waals surface area contributed by atoms with Gasteiger partial charge in [0, 0.05) is 6.07 Å². The molecule has 0 aromatic heterocycles. The fraction of sp³-hybridized carbons (Fsp3) is 0.105. The van der Waals surface area contributed by atoms with Gasteiger partial charge in [-0.1, -0.05) is 24.3 Å². The number of halogens is 2. The lowest BCUT2D eigenvalue weighted by atomic mass is 10.1. The summed E-state index contributed by atoms with van der Waals surface area (Å²) in [5, 5.41) is 4.26. The maximum absolute atomic E-state index is 13.7. The topological polar surface area (TPSA) is 38.3 Å². The molecule has 0 aliphatic rings. The van der Waals surface area contributed by atoms with Crippen LogP contribution in [0, 0.1) is 11.6 Å². The Bertz CT molecular complexity index is 909. The number of anilines is 1. The third-order valence-electron chi connectivity index (χ3n) is 3.57. The number of carbonyl (C=O) groups excluding carboxylic acids is 1. The number of nitrogens with one attached hydrogen (secondary N) is 1. The van der Waals surface area contributed by atoms with Crippen molar-refractivity contribution < 1.29 is 18.3 Å². The van der Waals surface area contributed by atoms with Gasteiger partial charge < -0.3 is 10.1 Å². The average molecular weight is 327 g/mol. The van der Waals surface area contributed by atoms with Gasteiger partial charge in [-0.3, -0.25) is 4.79 Å². The van der Waals surface area contributed by atoms with E-state index >= 15 is 0 Å². The quantitative estimate of drug-likeness (QED) is 0.749. The third kappa shape index (κ3) is 3.20. The van der Waals surface area contributed by atoms with E-state index in [0.29, 0.717) is 17.9 Å². The summed E-state index contributed by atoms with van der Waals surface area (Å²) < 4.78 is 32.3. The fourth-order valence-electron chi connectivity index (χ4n) is 2.45. The van der Waals surface area contributed by atoms with Crippen LogP contribution in [0.1, 0.15) is 17.3 Å². The van der Waals surface area contributed by atoms with Crippen LogP contribution in [0.5, 0.6) is 5.75 Å². The van der Waals surface area contributed by atoms with E-state index in [-0.39, 0.29) is 5.69 Å². The molecule has 122 valence electrons. The molecule has 1 amide bonds. The SMILES string of the molecule is CCOc1cc2ccccc2cc1C(=O)Nc1ccc(F)cc1F. The van der Waals surface area contributed by atoms with Gasteiger partial charge in [0.2, 0.25) is 0 Å². The zero-order valence-corrected chi connectivity index (χ0v) is 13.0. The molecule has 0 saturated carbocycles. The number of benzene rings is 3. The molecule has 3 nitrogen and oxygen atoms in total. The monoisotopic (exact) mass is 327 g/mol. The summed E-state index contributed by atoms with van der Waals surface area (Å²) in [6.45, 7) is 2.21. The number of hydrogen-bond donors (Lipinski definition) is 1. The molecule has 5 heteroatoms. The van der Waals surface area contributed by atoms with E-state index in [2.05, 4.69) is 5.32 Å². The molecule has 0 fully saturated rings. The van der Waals surface area contributed by atoms with Gasteiger partial charge in [0.25, 0.3) is 5.91 Å². The highest BCUT2D eigenvalue weighted by atomic mass is 19.1. The summed E-state index contributed by atoms with van der Waals surface area (Å²) in [6.07, 6.45) is 0. The number of fused-ring (bicyclic) bond motifs is 1. The Morgan fingerprint density at radius 3 is 2.42 bits per heavy atom. The van der Waals surface area contributed by atoms with Gasteiger partial charge in [-0.05, 0) is 42.0 Å². The van der Waals surface area contributed by atoms with Crippen LogP contribution in [0.4, 0.5) is 14.5 Å². The van der Waals surface area contributed by atoms with Gasteiger partial charge in [0.1, 0.15) is 17.4 Å². The maximum atomic E-state index is 13.7. The van der Waals surface area contributed by atoms with Crippen LogP contribution in [0.15, 0.2) is 54.6 Å². The van der Waals surface area contributed by atoms with E-state index in [9.17, 15) is 13.6 Å². The molecule has 0 bridgehead atoms. The van der Waals surface area contributed by atoms with Crippen molar-refractivity contribution in [2.24, 2.45) is 0 Å². The maximum Gasteiger partial charge on any atom is 0.259 e. The summed E-state index contributed by atoms with van der Waals surface area (Å²) in [5.74, 6) is -1.64. The molecule has 0 aliphatic carbocycles. The van der Waals surface area contributed by atoms with E-state index in [0.717, 1.165) is 22.9 Å². The van der Waals surface area contributed by atoms with E-state index in [1.54, 1.807) is 12.1 Å². The largest absolute Gasteiger partial charge is 0.493 e. The normalized spacial score (nSPS) is 10.6. The summed E-state index contributed by atoms with van der Waals surface area (Å²) in [7, 11) is 0. The minimum absolute atomic E-state index is 0.0861. The van der Waals surface area contributed by atoms with Crippen LogP contribution in [0.3, 0.4) is 0 Å². The molecule has 1 N–H and O–H groups in total. The zero-order valence-electron chi connectivity index (χ0n) is 13.0. The lowest BCUT2D eigenvalue weighted by Gasteiger charge is -2.13. The highest BCUT2D eigenvalue weighted by Crippen LogP contribution is 2.27. The minimum Gasteiger partial charge on any atom is -0.493 e. The van der Waals surface area contributed by atoms with E-state index < -0.39 is 17.5 Å². The van der Waals surface area contributed by atoms with Crippen LogP contribution in [0.2, 0.25) is 0 Å². The van der Waals surface area contributed by atoms with Gasteiger partial charge in [0.15, 0.2) is 0 Å². The molecule has 0 saturated heterocycles. The Balaban J connectivity index is 1.99. The lowest BCUT2D eigenvalue weighted by Crippen LogP contribution is -2.15. The van der Waals surface area contributed by atoms with Crippen LogP contribution >= 0.6 is 0 Å². The molecule has 0 heterocycles. The Labute approximate surface area is 137 Å². The lowest BCUT2D eigenvalue weighted by molar-refractivity contribution is 0.102. The third-order valence-corrected chi connectivity index (χ3v) is 3.57. The number of hydrogen-bond acceptors (Lipinski definition) is 2. The molecule has 0 unspecified atom stereocenters. The summed E-state index contributed by atoms with van der Waals surface area (Å²) in [5.41, 5.74) is 0.205. The van der Waals surface area contributed by atoms with Crippen LogP contribution in [-0.2, 0) is 0 Å². The van der Waals surface area contributed by atoms with Crippen LogP contribution in [-0.4, -0.2) is 12.5 Å². The first kappa shape index (κ1) is 15.9. The van der Waals surface area contributed by atoms with E-state index in [1.165, 1.54) is 6.07 Å². The molecule has 3 aromatic rings. The van der Waals surface area contributed by atoms with Gasteiger partial charge in [-0.25, -0.2) is 8.78 Å². The van der Waals surface area contributed by atoms with Crippen molar-refractivity contribution >= 4 is 22.4 Å². The number of rotatable bonds is 4. The number of amides is 1. The second-order valence-electron chi connectivity index (χ2n) is 5.21. The van der Waals surface area contributed by atoms with Crippen molar-refractivity contribution in [3.05, 3.63) is 71.8 Å². The average Bonchev–Trinajstić information content (AvgIpc) is 2.57. The molecule has 0 aliphatic heterocycles. The summed E-state index contributed by atoms with van der Waals surface area (Å²) >= 11 is 0. The molecule has 0 atom stereocenters. The van der Waals surface area contributed by atoms with Gasteiger partial charge in [-0.2, -0.15) is 0 Å². The highest BCUT2D eigenvalue weighted by molar-refractivity contribution is 6.08. The van der Waals surface area contributed by atoms with Crippen LogP contribution in [0.25, 0.3) is 10.8 Å². The Kier molecular flexibility index (Phi) is 4.42. The van der Waals surface area contributed by atoms with Crippen molar-refractivity contribution in [1.29, 1.82) is 0 Å². The second-order valence-corrected chi connectivity index (χ2v) is 5.21. The summed E-state index contributed by atoms with van der Waals surface area (Å²) in [6, 6.07) is 14.0. The molecule has 3 rings (SSSR count). The molecule has 0 spiro atoms. The Morgan fingerprint density at radius 1 is 1.04 bits per heavy atom. The predicted octanol–water partition coefficient (Wildman–Crippen LogP) is 4.77. The molecular weight excluding hydrogens is 312 g/mol. The molecule has 24 heavy (non-hydrogen) atoms. The molecule has 0 radical (unpaired) electrons. The summed E-state index contributed by atoms with van der Waals surface area (Å²) in [4.78, 5) is 12.5. The Morgan fingerprint density at radius 2 is 1.75 bits per heavy atom. The molecular formula is C19H15F2NO2. The number of ether oxygens (including phenoxy) is 1. The Hall–Kier alpha value is -2.95. The fourth-order valence-corrected chi connectivity index (χ4v) is 2.45. The van der Waals surface area contributed by atoms with Crippen molar-refractivity contribution in [3.8, 4) is 5.75 Å². The number of carbonyl (C=O) groups is 1. The highest BCUT2D eigenvalue weighted by Gasteiger charge is 2.16. The van der Waals surface area contributed by atoms with Gasteiger partial charge in [0.05, 0.1) is 17.9 Å². The van der Waals surface area contributed by atoms with Crippen molar-refractivity contribution in [1.82, 2.24) is 0 Å². The zero-order chi connectivity index (χ0) is 17.1. The van der Waals surface area contributed by atoms with Crippen molar-refractivity contribution in [2.75, 3.05) is 11.9 Å². The smallest absolute Gasteiger partial charge is 0.259 e. The molecule has 3 aromatic carbocycles. The first-order valence-electron chi connectivity index (χ1n) is 7.50. The predicted molar refractivity (Wildman–Crippen MR) is 89.4 cm³/mol. The van der Waals surface area contributed by atoms with Gasteiger partial charge >= 0.3 is 0 Å². The first-order chi connectivity index (χ1) is 11.6. The minimum atomic E-state index is -0.831. The van der Waals surface area contributed by atoms with Crippen LogP contribution < -0.4 is 10.1 Å². The second kappa shape index (κ2) is 6.66. The first-order valence-corrected chi connectivity index (χ1v) is 7.50. The van der Waals surface area contributed by atoms with E-state index in [1.807, 2.05) is 31.2 Å². The van der Waals surface area contributed by atoms with Crippen molar-refractivity contribution in [2.45, 2.75) is 6.92 Å². The van der Waals surface area contributed by atoms with E-state index in [4.69, 9.17) is 4.74 Å². The van der Waals surface area contributed by atoms with Gasteiger partial charge in [-0.15, -0.1) is 0 Å².